The minimum atomic E-state index is 0.203. The maximum Gasteiger partial charge on any atom is 0.128 e. The van der Waals surface area contributed by atoms with Crippen LogP contribution in [0.1, 0.15) is 32.8 Å². The third-order valence-corrected chi connectivity index (χ3v) is 2.45. The average Bonchev–Trinajstić information content (AvgIpc) is 2.37. The lowest BCUT2D eigenvalue weighted by Gasteiger charge is -2.12. The molecule has 0 amide bonds. The summed E-state index contributed by atoms with van der Waals surface area (Å²) < 4.78 is 11.1. The molecule has 0 aliphatic rings. The zero-order chi connectivity index (χ0) is 13.4. The van der Waals surface area contributed by atoms with Gasteiger partial charge in [-0.2, -0.15) is 0 Å². The second-order valence-corrected chi connectivity index (χ2v) is 4.16. The topological polar surface area (TPSA) is 51.1 Å². The van der Waals surface area contributed by atoms with Crippen molar-refractivity contribution in [2.24, 2.45) is 5.16 Å². The normalized spacial score (nSPS) is 11.9. The molecule has 100 valence electrons. The Kier molecular flexibility index (Phi) is 6.22. The highest BCUT2D eigenvalue weighted by Gasteiger charge is 2.08. The number of hydrogen-bond donors (Lipinski definition) is 1. The fourth-order valence-corrected chi connectivity index (χ4v) is 1.58. The van der Waals surface area contributed by atoms with Gasteiger partial charge in [-0.05, 0) is 32.4 Å². The summed E-state index contributed by atoms with van der Waals surface area (Å²) >= 11 is 0. The fourth-order valence-electron chi connectivity index (χ4n) is 1.58. The van der Waals surface area contributed by atoms with E-state index >= 15 is 0 Å². The zero-order valence-corrected chi connectivity index (χ0v) is 11.2. The van der Waals surface area contributed by atoms with Crippen LogP contribution in [-0.4, -0.2) is 30.2 Å². The summed E-state index contributed by atoms with van der Waals surface area (Å²) in [5, 5.41) is 12.3. The first kappa shape index (κ1) is 14.5. The zero-order valence-electron chi connectivity index (χ0n) is 11.2. The van der Waals surface area contributed by atoms with Gasteiger partial charge >= 0.3 is 0 Å². The van der Waals surface area contributed by atoms with Crippen LogP contribution in [-0.2, 0) is 4.74 Å². The van der Waals surface area contributed by atoms with Crippen LogP contribution < -0.4 is 4.74 Å². The smallest absolute Gasteiger partial charge is 0.128 e. The monoisotopic (exact) mass is 251 g/mol. The molecule has 0 saturated heterocycles. The number of benzene rings is 1. The van der Waals surface area contributed by atoms with E-state index in [-0.39, 0.29) is 6.10 Å². The molecule has 4 nitrogen and oxygen atoms in total. The van der Waals surface area contributed by atoms with Gasteiger partial charge in [0.1, 0.15) is 12.4 Å². The van der Waals surface area contributed by atoms with E-state index in [9.17, 15) is 0 Å². The van der Waals surface area contributed by atoms with Gasteiger partial charge in [-0.15, -0.1) is 0 Å². The Morgan fingerprint density at radius 2 is 2.00 bits per heavy atom. The molecular weight excluding hydrogens is 230 g/mol. The van der Waals surface area contributed by atoms with Gasteiger partial charge in [0, 0.05) is 5.56 Å². The summed E-state index contributed by atoms with van der Waals surface area (Å²) in [7, 11) is 0. The molecule has 0 heterocycles. The minimum Gasteiger partial charge on any atom is -0.490 e. The Labute approximate surface area is 108 Å². The van der Waals surface area contributed by atoms with Crippen LogP contribution in [0.25, 0.3) is 0 Å². The van der Waals surface area contributed by atoms with Crippen molar-refractivity contribution in [2.75, 3.05) is 13.2 Å². The molecule has 0 atom stereocenters. The second kappa shape index (κ2) is 7.71. The van der Waals surface area contributed by atoms with Gasteiger partial charge < -0.3 is 14.7 Å². The van der Waals surface area contributed by atoms with Gasteiger partial charge in [-0.25, -0.2) is 0 Å². The predicted molar refractivity (Wildman–Crippen MR) is 71.6 cm³/mol. The van der Waals surface area contributed by atoms with E-state index in [1.54, 1.807) is 0 Å². The lowest BCUT2D eigenvalue weighted by Crippen LogP contribution is -2.12. The number of ether oxygens (including phenoxy) is 2. The third kappa shape index (κ3) is 4.37. The molecule has 18 heavy (non-hydrogen) atoms. The van der Waals surface area contributed by atoms with E-state index in [0.717, 1.165) is 11.3 Å². The van der Waals surface area contributed by atoms with Crippen molar-refractivity contribution < 1.29 is 14.7 Å². The molecule has 1 aromatic carbocycles. The first-order chi connectivity index (χ1) is 8.69. The lowest BCUT2D eigenvalue weighted by atomic mass is 10.1. The van der Waals surface area contributed by atoms with Crippen LogP contribution in [0.15, 0.2) is 29.4 Å². The van der Waals surface area contributed by atoms with Crippen LogP contribution in [0.4, 0.5) is 0 Å². The van der Waals surface area contributed by atoms with Crippen molar-refractivity contribution in [1.82, 2.24) is 0 Å². The average molecular weight is 251 g/mol. The number of oxime groups is 1. The first-order valence-electron chi connectivity index (χ1n) is 6.23. The quantitative estimate of drug-likeness (QED) is 0.350. The van der Waals surface area contributed by atoms with Crippen molar-refractivity contribution in [3.63, 3.8) is 0 Å². The van der Waals surface area contributed by atoms with Crippen molar-refractivity contribution in [2.45, 2.75) is 33.3 Å². The molecule has 1 aromatic rings. The summed E-state index contributed by atoms with van der Waals surface area (Å²) in [6.07, 6.45) is 0.855. The fraction of sp³-hybridized carbons (Fsp3) is 0.500. The van der Waals surface area contributed by atoms with Crippen LogP contribution >= 0.6 is 0 Å². The van der Waals surface area contributed by atoms with E-state index < -0.39 is 0 Å². The second-order valence-electron chi connectivity index (χ2n) is 4.16. The van der Waals surface area contributed by atoms with E-state index in [0.29, 0.717) is 25.3 Å². The molecule has 0 fully saturated rings. The van der Waals surface area contributed by atoms with Crippen molar-refractivity contribution in [1.29, 1.82) is 0 Å². The van der Waals surface area contributed by atoms with E-state index in [2.05, 4.69) is 5.16 Å². The molecule has 4 heteroatoms. The van der Waals surface area contributed by atoms with E-state index in [1.165, 1.54) is 0 Å². The lowest BCUT2D eigenvalue weighted by molar-refractivity contribution is 0.0552. The molecule has 0 unspecified atom stereocenters. The van der Waals surface area contributed by atoms with Crippen LogP contribution in [0, 0.1) is 0 Å². The number of para-hydroxylation sites is 1. The Morgan fingerprint density at radius 1 is 1.28 bits per heavy atom. The molecule has 0 spiro atoms. The Balaban J connectivity index is 2.65. The molecular formula is C14H21NO3. The largest absolute Gasteiger partial charge is 0.490 e. The van der Waals surface area contributed by atoms with E-state index in [1.807, 2.05) is 45.0 Å². The van der Waals surface area contributed by atoms with Gasteiger partial charge in [0.15, 0.2) is 0 Å². The van der Waals surface area contributed by atoms with Crippen LogP contribution in [0.3, 0.4) is 0 Å². The first-order valence-corrected chi connectivity index (χ1v) is 6.23. The minimum absolute atomic E-state index is 0.203. The number of rotatable bonds is 7. The molecule has 1 N–H and O–H groups in total. The molecule has 1 rings (SSSR count). The van der Waals surface area contributed by atoms with Crippen molar-refractivity contribution >= 4 is 5.71 Å². The summed E-state index contributed by atoms with van der Waals surface area (Å²) in [5.41, 5.74) is 1.45. The summed E-state index contributed by atoms with van der Waals surface area (Å²) in [5.74, 6) is 0.722. The van der Waals surface area contributed by atoms with Gasteiger partial charge in [0.25, 0.3) is 0 Å². The van der Waals surface area contributed by atoms with Gasteiger partial charge in [-0.3, -0.25) is 0 Å². The van der Waals surface area contributed by atoms with Crippen molar-refractivity contribution in [3.05, 3.63) is 29.8 Å². The summed E-state index contributed by atoms with van der Waals surface area (Å²) in [6, 6.07) is 7.54. The van der Waals surface area contributed by atoms with Crippen LogP contribution in [0.5, 0.6) is 5.75 Å². The van der Waals surface area contributed by atoms with Gasteiger partial charge in [0.2, 0.25) is 0 Å². The maximum absolute atomic E-state index is 8.96. The van der Waals surface area contributed by atoms with E-state index in [4.69, 9.17) is 14.7 Å². The predicted octanol–water partition coefficient (Wildman–Crippen LogP) is 3.08. The van der Waals surface area contributed by atoms with Crippen molar-refractivity contribution in [3.8, 4) is 5.75 Å². The SMILES string of the molecule is CC/C(=N/O)c1ccccc1OCCOC(C)C. The van der Waals surface area contributed by atoms with Gasteiger partial charge in [0.05, 0.1) is 18.4 Å². The molecule has 0 aliphatic carbocycles. The maximum atomic E-state index is 8.96. The number of hydrogen-bond acceptors (Lipinski definition) is 4. The standard InChI is InChI=1S/C14H21NO3/c1-4-13(15-16)12-7-5-6-8-14(12)18-10-9-17-11(2)3/h5-8,11,16H,4,9-10H2,1-3H3/b15-13-. The highest BCUT2D eigenvalue weighted by molar-refractivity contribution is 6.02. The Bertz CT molecular complexity index is 388. The molecule has 0 saturated carbocycles. The summed E-state index contributed by atoms with van der Waals surface area (Å²) in [6.45, 7) is 6.94. The van der Waals surface area contributed by atoms with Gasteiger partial charge in [-0.1, -0.05) is 24.2 Å². The number of nitrogens with zero attached hydrogens (tertiary/aromatic N) is 1. The highest BCUT2D eigenvalue weighted by atomic mass is 16.5. The molecule has 0 aromatic heterocycles. The molecule has 0 bridgehead atoms. The highest BCUT2D eigenvalue weighted by Crippen LogP contribution is 2.20. The summed E-state index contributed by atoms with van der Waals surface area (Å²) in [4.78, 5) is 0. The molecule has 0 aliphatic heterocycles. The third-order valence-electron chi connectivity index (χ3n) is 2.45. The Hall–Kier alpha value is -1.55. The Morgan fingerprint density at radius 3 is 2.61 bits per heavy atom. The van der Waals surface area contributed by atoms with Crippen LogP contribution in [0.2, 0.25) is 0 Å². The molecule has 0 radical (unpaired) electrons.